The van der Waals surface area contributed by atoms with E-state index in [1.807, 2.05) is 13.8 Å². The molecule has 1 aliphatic heterocycles. The van der Waals surface area contributed by atoms with Crippen LogP contribution in [-0.4, -0.2) is 64.5 Å². The number of hydrogen-bond acceptors (Lipinski definition) is 7. The Kier molecular flexibility index (Phi) is 10.6. The Hall–Kier alpha value is -3.67. The minimum Gasteiger partial charge on any atom is -0.497 e. The molecule has 0 aromatic heterocycles. The molecule has 0 radical (unpaired) electrons. The van der Waals surface area contributed by atoms with Gasteiger partial charge in [0.15, 0.2) is 0 Å². The van der Waals surface area contributed by atoms with Gasteiger partial charge in [0, 0.05) is 25.5 Å². The number of para-hydroxylation sites is 1. The zero-order chi connectivity index (χ0) is 31.1. The van der Waals surface area contributed by atoms with Gasteiger partial charge in [0.2, 0.25) is 0 Å². The largest absolute Gasteiger partial charge is 0.497 e. The molecule has 1 saturated heterocycles. The molecular weight excluding hydrogens is 575 g/mol. The van der Waals surface area contributed by atoms with Gasteiger partial charge in [-0.05, 0) is 60.9 Å². The fourth-order valence-corrected chi connectivity index (χ4v) is 6.47. The Bertz CT molecular complexity index is 1490. The highest BCUT2D eigenvalue weighted by molar-refractivity contribution is 7.92. The van der Waals surface area contributed by atoms with Crippen molar-refractivity contribution in [3.8, 4) is 11.5 Å². The topological polar surface area (TPSA) is 114 Å². The second-order valence-electron chi connectivity index (χ2n) is 11.0. The van der Waals surface area contributed by atoms with Gasteiger partial charge < -0.3 is 24.6 Å². The first-order chi connectivity index (χ1) is 20.5. The molecule has 1 amide bonds. The Balaban J connectivity index is 1.54. The van der Waals surface area contributed by atoms with Crippen LogP contribution in [0.3, 0.4) is 0 Å². The molecule has 1 heterocycles. The van der Waals surface area contributed by atoms with Crippen LogP contribution in [0.15, 0.2) is 71.6 Å². The normalized spacial score (nSPS) is 16.5. The molecule has 0 spiro atoms. The van der Waals surface area contributed by atoms with Crippen molar-refractivity contribution in [3.05, 3.63) is 83.7 Å². The number of amides is 1. The molecule has 3 atom stereocenters. The first-order valence-corrected chi connectivity index (χ1v) is 15.7. The summed E-state index contributed by atoms with van der Waals surface area (Å²) in [4.78, 5) is 13.3. The summed E-state index contributed by atoms with van der Waals surface area (Å²) in [6.45, 7) is 6.61. The summed E-state index contributed by atoms with van der Waals surface area (Å²) in [5, 5.41) is 14.0. The summed E-state index contributed by atoms with van der Waals surface area (Å²) in [7, 11) is -2.44. The number of rotatable bonds is 13. The summed E-state index contributed by atoms with van der Waals surface area (Å²) in [6, 6.07) is 16.2. The third-order valence-corrected chi connectivity index (χ3v) is 8.97. The fraction of sp³-hybridized carbons (Fsp3) is 0.406. The van der Waals surface area contributed by atoms with Crippen molar-refractivity contribution in [1.82, 2.24) is 5.32 Å². The van der Waals surface area contributed by atoms with E-state index in [1.165, 1.54) is 35.7 Å². The molecule has 4 rings (SSSR count). The van der Waals surface area contributed by atoms with E-state index in [-0.39, 0.29) is 41.2 Å². The molecule has 232 valence electrons. The second kappa shape index (κ2) is 14.2. The molecular formula is C32H39FN2O7S. The van der Waals surface area contributed by atoms with Crippen LogP contribution in [0, 0.1) is 11.7 Å². The molecule has 0 aliphatic carbocycles. The maximum atomic E-state index is 14.0. The van der Waals surface area contributed by atoms with E-state index in [4.69, 9.17) is 14.2 Å². The van der Waals surface area contributed by atoms with Gasteiger partial charge >= 0.3 is 0 Å². The van der Waals surface area contributed by atoms with E-state index in [9.17, 15) is 22.7 Å². The monoisotopic (exact) mass is 614 g/mol. The molecule has 11 heteroatoms. The van der Waals surface area contributed by atoms with Gasteiger partial charge in [-0.25, -0.2) is 12.8 Å². The minimum absolute atomic E-state index is 0.00661. The summed E-state index contributed by atoms with van der Waals surface area (Å²) in [6.07, 6.45) is -0.649. The number of hydrogen-bond donors (Lipinski definition) is 2. The van der Waals surface area contributed by atoms with Gasteiger partial charge in [-0.2, -0.15) is 0 Å². The van der Waals surface area contributed by atoms with Crippen molar-refractivity contribution < 1.29 is 36.9 Å². The Labute approximate surface area is 252 Å². The number of halogens is 1. The lowest BCUT2D eigenvalue weighted by molar-refractivity contribution is 0.0843. The zero-order valence-corrected chi connectivity index (χ0v) is 25.6. The molecule has 43 heavy (non-hydrogen) atoms. The van der Waals surface area contributed by atoms with Crippen molar-refractivity contribution in [1.29, 1.82) is 0 Å². The van der Waals surface area contributed by atoms with Gasteiger partial charge in [-0.15, -0.1) is 0 Å². The Morgan fingerprint density at radius 1 is 1.12 bits per heavy atom. The highest BCUT2D eigenvalue weighted by Gasteiger charge is 2.29. The van der Waals surface area contributed by atoms with Gasteiger partial charge in [0.05, 0.1) is 48.6 Å². The average Bonchev–Trinajstić information content (AvgIpc) is 3.49. The highest BCUT2D eigenvalue weighted by Crippen LogP contribution is 2.30. The highest BCUT2D eigenvalue weighted by atomic mass is 32.2. The molecule has 9 nitrogen and oxygen atoms in total. The summed E-state index contributed by atoms with van der Waals surface area (Å²) >= 11 is 0. The first-order valence-electron chi connectivity index (χ1n) is 14.3. The van der Waals surface area contributed by atoms with Crippen molar-refractivity contribution in [2.75, 3.05) is 31.2 Å². The van der Waals surface area contributed by atoms with Crippen LogP contribution in [0.1, 0.15) is 43.1 Å². The number of aliphatic hydroxyl groups is 1. The van der Waals surface area contributed by atoms with Gasteiger partial charge in [-0.3, -0.25) is 9.10 Å². The number of methoxy groups -OCH3 is 1. The number of aliphatic hydroxyl groups excluding tert-OH is 1. The number of carbonyl (C=O) groups excluding carboxylic acids is 1. The Morgan fingerprint density at radius 3 is 2.49 bits per heavy atom. The number of anilines is 1. The number of sulfonamides is 1. The maximum absolute atomic E-state index is 14.0. The Morgan fingerprint density at radius 2 is 1.84 bits per heavy atom. The van der Waals surface area contributed by atoms with Crippen LogP contribution in [0.4, 0.5) is 10.1 Å². The SMILES string of the molecule is COc1ccc(S(=O)(=O)N(CC(C)C)c2ccccc2C[C@@H](O)[C@H](C)NC(=O)c2ccc(F)cc2O[C@H]2CCOC2)cc1. The molecule has 1 aliphatic rings. The molecule has 2 N–H and O–H groups in total. The molecule has 0 unspecified atom stereocenters. The van der Waals surface area contributed by atoms with Crippen LogP contribution < -0.4 is 19.1 Å². The first kappa shape index (κ1) is 32.2. The van der Waals surface area contributed by atoms with Crippen LogP contribution in [0.5, 0.6) is 11.5 Å². The molecule has 0 bridgehead atoms. The number of nitrogens with zero attached hydrogens (tertiary/aromatic N) is 1. The standard InChI is InChI=1S/C32H39FN2O7S/c1-21(2)19-35(43(38,39)27-12-10-25(40-4)11-13-27)29-8-6-5-7-23(29)17-30(36)22(3)34-32(37)28-14-9-24(33)18-31(28)42-26-15-16-41-20-26/h5-14,18,21-22,26,30,36H,15-17,19-20H2,1-4H3,(H,34,37)/t22-,26-,30+/m0/s1. The van der Waals surface area contributed by atoms with E-state index in [2.05, 4.69) is 5.32 Å². The van der Waals surface area contributed by atoms with Crippen molar-refractivity contribution in [2.24, 2.45) is 5.92 Å². The van der Waals surface area contributed by atoms with Crippen molar-refractivity contribution in [3.63, 3.8) is 0 Å². The van der Waals surface area contributed by atoms with E-state index in [0.29, 0.717) is 36.6 Å². The molecule has 1 fully saturated rings. The van der Waals surface area contributed by atoms with Crippen molar-refractivity contribution in [2.45, 2.75) is 56.8 Å². The zero-order valence-electron chi connectivity index (χ0n) is 24.8. The lowest BCUT2D eigenvalue weighted by Gasteiger charge is -2.29. The smallest absolute Gasteiger partial charge is 0.264 e. The lowest BCUT2D eigenvalue weighted by Crippen LogP contribution is -2.42. The quantitative estimate of drug-likeness (QED) is 0.290. The number of ether oxygens (including phenoxy) is 3. The van der Waals surface area contributed by atoms with Gasteiger partial charge in [-0.1, -0.05) is 32.0 Å². The third kappa shape index (κ3) is 8.04. The fourth-order valence-electron chi connectivity index (χ4n) is 4.81. The van der Waals surface area contributed by atoms with E-state index in [0.717, 1.165) is 6.07 Å². The van der Waals surface area contributed by atoms with Crippen LogP contribution in [0.2, 0.25) is 0 Å². The van der Waals surface area contributed by atoms with E-state index >= 15 is 0 Å². The van der Waals surface area contributed by atoms with Crippen LogP contribution in [0.25, 0.3) is 0 Å². The molecule has 0 saturated carbocycles. The number of carbonyl (C=O) groups is 1. The maximum Gasteiger partial charge on any atom is 0.264 e. The van der Waals surface area contributed by atoms with Crippen LogP contribution in [-0.2, 0) is 21.2 Å². The van der Waals surface area contributed by atoms with Gasteiger partial charge in [0.1, 0.15) is 23.4 Å². The van der Waals surface area contributed by atoms with Gasteiger partial charge in [0.25, 0.3) is 15.9 Å². The number of benzene rings is 3. The average molecular weight is 615 g/mol. The van der Waals surface area contributed by atoms with Crippen LogP contribution >= 0.6 is 0 Å². The third-order valence-electron chi connectivity index (χ3n) is 7.17. The molecule has 3 aromatic rings. The minimum atomic E-state index is -3.95. The summed E-state index contributed by atoms with van der Waals surface area (Å²) < 4.78 is 59.4. The predicted molar refractivity (Wildman–Crippen MR) is 162 cm³/mol. The van der Waals surface area contributed by atoms with Crippen molar-refractivity contribution >= 4 is 21.6 Å². The molecule has 3 aromatic carbocycles. The lowest BCUT2D eigenvalue weighted by atomic mass is 10.0. The summed E-state index contributed by atoms with van der Waals surface area (Å²) in [5.41, 5.74) is 1.18. The number of nitrogens with one attached hydrogen (secondary N) is 1. The predicted octanol–water partition coefficient (Wildman–Crippen LogP) is 4.58. The summed E-state index contributed by atoms with van der Waals surface area (Å²) in [5.74, 6) is -0.413. The van der Waals surface area contributed by atoms with E-state index < -0.39 is 33.9 Å². The second-order valence-corrected chi connectivity index (χ2v) is 12.9. The van der Waals surface area contributed by atoms with E-state index in [1.54, 1.807) is 43.3 Å².